The molecule has 0 N–H and O–H groups in total. The highest BCUT2D eigenvalue weighted by atomic mass is 15.3. The largest absolute Gasteiger partial charge is 0.334 e. The molecule has 382 valence electrons. The maximum atomic E-state index is 2.82. The van der Waals surface area contributed by atoms with Gasteiger partial charge in [-0.15, -0.1) is 0 Å². The van der Waals surface area contributed by atoms with E-state index in [4.69, 9.17) is 0 Å². The van der Waals surface area contributed by atoms with E-state index in [1.807, 2.05) is 0 Å². The molecule has 9 aromatic rings. The second kappa shape index (κ2) is 17.7. The zero-order chi connectivity index (χ0) is 53.2. The van der Waals surface area contributed by atoms with Crippen LogP contribution in [0, 0.1) is 0 Å². The Morgan fingerprint density at radius 1 is 0.390 bits per heavy atom. The summed E-state index contributed by atoms with van der Waals surface area (Å²) in [4.78, 5) is 8.17. The Kier molecular flexibility index (Phi) is 11.3. The maximum Gasteiger partial charge on any atom is 0.252 e. The third-order valence-corrected chi connectivity index (χ3v) is 18.2. The Bertz CT molecular complexity index is 3750. The number of fused-ring (bicyclic) bond motifs is 7. The molecule has 0 saturated heterocycles. The van der Waals surface area contributed by atoms with Gasteiger partial charge in [0.05, 0.1) is 16.9 Å². The zero-order valence-electron chi connectivity index (χ0n) is 46.9. The fourth-order valence-electron chi connectivity index (χ4n) is 14.3. The summed E-state index contributed by atoms with van der Waals surface area (Å²) in [6.45, 7) is 23.7. The van der Waals surface area contributed by atoms with Gasteiger partial charge >= 0.3 is 0 Å². The van der Waals surface area contributed by atoms with E-state index in [-0.39, 0.29) is 33.9 Å². The Labute approximate surface area is 459 Å². The standard InChI is InChI=1S/C73H72BN3/c1-69(2,3)52-37-40-61(56(44-52)49-26-14-11-15-27-49)75-64-35-23-21-33-59(64)74-60-39-36-54(71(7,8)9)46-65(60)76(62-41-38-53(70(4,5)6)45-57(62)50-28-16-12-17-29-50)67-48-55(47-66(75)68(67)74)77-63-34-22-20-32-58(63)73(51-30-18-13-19-31-51)43-25-24-42-72(73,77)10/h11-23,26-41,44-48H,24-25,42-43H2,1-10H3. The van der Waals surface area contributed by atoms with Gasteiger partial charge in [0.1, 0.15) is 0 Å². The second-order valence-corrected chi connectivity index (χ2v) is 25.9. The Morgan fingerprint density at radius 2 is 0.844 bits per heavy atom. The first-order valence-electron chi connectivity index (χ1n) is 28.3. The number of nitrogens with zero attached hydrogens (tertiary/aromatic N) is 3. The molecule has 77 heavy (non-hydrogen) atoms. The van der Waals surface area contributed by atoms with Crippen LogP contribution in [0.25, 0.3) is 22.3 Å². The van der Waals surface area contributed by atoms with E-state index in [0.29, 0.717) is 0 Å². The zero-order valence-corrected chi connectivity index (χ0v) is 46.9. The summed E-state index contributed by atoms with van der Waals surface area (Å²) < 4.78 is 0. The molecule has 1 fully saturated rings. The third-order valence-electron chi connectivity index (χ3n) is 18.2. The van der Waals surface area contributed by atoms with Crippen molar-refractivity contribution < 1.29 is 0 Å². The van der Waals surface area contributed by atoms with E-state index < -0.39 is 0 Å². The Hall–Kier alpha value is -7.56. The SMILES string of the molecule is CC(C)(C)c1ccc(N2c3ccccc3B3c4ccc(C(C)(C)C)cc4N(c4ccc(C(C)(C)C)cc4-c4ccccc4)c4cc(N5c6ccccc6C6(c7ccccc7)CCCCC56C)cc2c43)c(-c2ccccc2)c1. The molecule has 4 heteroatoms. The number of benzene rings is 9. The molecule has 2 atom stereocenters. The summed E-state index contributed by atoms with van der Waals surface area (Å²) in [7, 11) is 0. The van der Waals surface area contributed by atoms with Gasteiger partial charge in [0, 0.05) is 50.7 Å². The summed E-state index contributed by atoms with van der Waals surface area (Å²) in [5.41, 5.74) is 24.8. The van der Waals surface area contributed by atoms with Gasteiger partial charge in [-0.1, -0.05) is 227 Å². The third kappa shape index (κ3) is 7.60. The van der Waals surface area contributed by atoms with E-state index in [9.17, 15) is 0 Å². The maximum absolute atomic E-state index is 2.82. The van der Waals surface area contributed by atoms with E-state index in [0.717, 1.165) is 12.8 Å². The van der Waals surface area contributed by atoms with Crippen LogP contribution in [0.3, 0.4) is 0 Å². The highest BCUT2D eigenvalue weighted by molar-refractivity contribution is 7.00. The van der Waals surface area contributed by atoms with Crippen LogP contribution in [0.5, 0.6) is 0 Å². The lowest BCUT2D eigenvalue weighted by Crippen LogP contribution is -2.61. The van der Waals surface area contributed by atoms with Gasteiger partial charge < -0.3 is 14.7 Å². The molecule has 1 saturated carbocycles. The van der Waals surface area contributed by atoms with Crippen molar-refractivity contribution in [1.82, 2.24) is 0 Å². The molecule has 13 rings (SSSR count). The van der Waals surface area contributed by atoms with Crippen molar-refractivity contribution in [3.8, 4) is 22.3 Å². The van der Waals surface area contributed by atoms with Crippen molar-refractivity contribution in [2.24, 2.45) is 0 Å². The molecule has 4 aliphatic rings. The number of hydrogen-bond acceptors (Lipinski definition) is 3. The van der Waals surface area contributed by atoms with E-state index in [2.05, 4.69) is 290 Å². The Morgan fingerprint density at radius 3 is 1.42 bits per heavy atom. The van der Waals surface area contributed by atoms with E-state index in [1.54, 1.807) is 0 Å². The lowest BCUT2D eigenvalue weighted by molar-refractivity contribution is 0.215. The molecular weight excluding hydrogens is 930 g/mol. The van der Waals surface area contributed by atoms with Crippen LogP contribution in [-0.4, -0.2) is 12.3 Å². The predicted octanol–water partition coefficient (Wildman–Crippen LogP) is 17.8. The Balaban J connectivity index is 1.19. The molecule has 2 unspecified atom stereocenters. The van der Waals surface area contributed by atoms with Crippen LogP contribution in [0.1, 0.15) is 123 Å². The van der Waals surface area contributed by atoms with E-state index in [1.165, 1.54) is 125 Å². The molecule has 0 amide bonds. The normalized spacial score (nSPS) is 18.6. The number of anilines is 8. The number of rotatable bonds is 6. The van der Waals surface area contributed by atoms with Crippen LogP contribution in [0.15, 0.2) is 206 Å². The topological polar surface area (TPSA) is 9.72 Å². The summed E-state index contributed by atoms with van der Waals surface area (Å²) >= 11 is 0. The van der Waals surface area contributed by atoms with Crippen LogP contribution in [0.4, 0.5) is 45.5 Å². The summed E-state index contributed by atoms with van der Waals surface area (Å²) in [5.74, 6) is 0. The van der Waals surface area contributed by atoms with Gasteiger partial charge in [-0.2, -0.15) is 0 Å². The fourth-order valence-corrected chi connectivity index (χ4v) is 14.3. The lowest BCUT2D eigenvalue weighted by Gasteiger charge is -2.53. The highest BCUT2D eigenvalue weighted by Crippen LogP contribution is 2.64. The van der Waals surface area contributed by atoms with Gasteiger partial charge in [0.15, 0.2) is 0 Å². The quantitative estimate of drug-likeness (QED) is 0.154. The van der Waals surface area contributed by atoms with Crippen LogP contribution >= 0.6 is 0 Å². The average molecular weight is 1000 g/mol. The van der Waals surface area contributed by atoms with Crippen LogP contribution in [0.2, 0.25) is 0 Å². The van der Waals surface area contributed by atoms with Gasteiger partial charge in [0.2, 0.25) is 0 Å². The molecule has 0 aromatic heterocycles. The molecule has 0 radical (unpaired) electrons. The minimum atomic E-state index is -0.280. The molecule has 1 aliphatic carbocycles. The summed E-state index contributed by atoms with van der Waals surface area (Å²) in [5, 5.41) is 0. The molecule has 3 heterocycles. The van der Waals surface area contributed by atoms with Crippen molar-refractivity contribution in [2.75, 3.05) is 14.7 Å². The average Bonchev–Trinajstić information content (AvgIpc) is 3.99. The first-order chi connectivity index (χ1) is 37.0. The van der Waals surface area contributed by atoms with Gasteiger partial charge in [-0.05, 0) is 146 Å². The summed E-state index contributed by atoms with van der Waals surface area (Å²) in [6, 6.07) is 79.8. The predicted molar refractivity (Wildman–Crippen MR) is 330 cm³/mol. The van der Waals surface area contributed by atoms with Crippen LogP contribution in [-0.2, 0) is 21.7 Å². The smallest absolute Gasteiger partial charge is 0.252 e. The second-order valence-electron chi connectivity index (χ2n) is 25.9. The minimum absolute atomic E-state index is 0.0376. The van der Waals surface area contributed by atoms with Gasteiger partial charge in [0.25, 0.3) is 6.71 Å². The van der Waals surface area contributed by atoms with Gasteiger partial charge in [-0.25, -0.2) is 0 Å². The summed E-state index contributed by atoms with van der Waals surface area (Å²) in [6.07, 6.45) is 4.52. The van der Waals surface area contributed by atoms with Gasteiger partial charge in [-0.3, -0.25) is 0 Å². The van der Waals surface area contributed by atoms with Crippen LogP contribution < -0.4 is 31.1 Å². The molecule has 9 aromatic carbocycles. The molecule has 3 aliphatic heterocycles. The van der Waals surface area contributed by atoms with Crippen molar-refractivity contribution in [2.45, 2.75) is 122 Å². The number of hydrogen-bond donors (Lipinski definition) is 0. The first kappa shape index (κ1) is 49.0. The van der Waals surface area contributed by atoms with Crippen molar-refractivity contribution in [3.05, 3.63) is 234 Å². The lowest BCUT2D eigenvalue weighted by atomic mass is 9.33. The number of para-hydroxylation sites is 2. The van der Waals surface area contributed by atoms with Crippen molar-refractivity contribution >= 4 is 68.6 Å². The monoisotopic (exact) mass is 1000 g/mol. The molecule has 3 nitrogen and oxygen atoms in total. The molecule has 0 spiro atoms. The van der Waals surface area contributed by atoms with Crippen molar-refractivity contribution in [3.63, 3.8) is 0 Å². The first-order valence-corrected chi connectivity index (χ1v) is 28.3. The fraction of sp³-hybridized carbons (Fsp3) is 0.260. The highest BCUT2D eigenvalue weighted by Gasteiger charge is 2.61. The molecular formula is C73H72BN3. The molecule has 0 bridgehead atoms. The van der Waals surface area contributed by atoms with Crippen molar-refractivity contribution in [1.29, 1.82) is 0 Å². The van der Waals surface area contributed by atoms with E-state index >= 15 is 0 Å². The minimum Gasteiger partial charge on any atom is -0.334 e.